The molecule has 82 heavy (non-hydrogen) atoms. The maximum Gasteiger partial charge on any atom is 0.159 e. The van der Waals surface area contributed by atoms with Crippen LogP contribution in [-0.2, 0) is 0 Å². The molecule has 0 bridgehead atoms. The van der Waals surface area contributed by atoms with Crippen LogP contribution in [0, 0.1) is 13.8 Å². The first-order chi connectivity index (χ1) is 39.8. The molecule has 0 radical (unpaired) electrons. The second-order valence-corrected chi connectivity index (χ2v) is 24.0. The number of furan rings is 2. The highest BCUT2D eigenvalue weighted by molar-refractivity contribution is 6.30. The lowest BCUT2D eigenvalue weighted by atomic mass is 9.84. The Morgan fingerprint density at radius 1 is 0.280 bits per heavy atom. The lowest BCUT2D eigenvalue weighted by Gasteiger charge is -2.32. The summed E-state index contributed by atoms with van der Waals surface area (Å²) in [4.78, 5) is 5.01. The minimum atomic E-state index is 0.209. The number of aryl methyl sites for hydroxylation is 2. The first kappa shape index (κ1) is 51.1. The minimum absolute atomic E-state index is 0.209. The van der Waals surface area contributed by atoms with Crippen molar-refractivity contribution in [1.29, 1.82) is 0 Å². The Hall–Kier alpha value is -9.12. The van der Waals surface area contributed by atoms with E-state index in [9.17, 15) is 0 Å². The van der Waals surface area contributed by atoms with Gasteiger partial charge in [-0.3, -0.25) is 0 Å². The predicted octanol–water partition coefficient (Wildman–Crippen LogP) is 23.8. The van der Waals surface area contributed by atoms with E-state index in [0.29, 0.717) is 11.8 Å². The van der Waals surface area contributed by atoms with Crippen LogP contribution in [0.2, 0.25) is 0 Å². The molecule has 2 aromatic heterocycles. The Morgan fingerprint density at radius 3 is 1.02 bits per heavy atom. The number of nitrogens with zero attached hydrogens (tertiary/aromatic N) is 2. The van der Waals surface area contributed by atoms with E-state index in [4.69, 9.17) is 8.83 Å². The molecule has 0 amide bonds. The summed E-state index contributed by atoms with van der Waals surface area (Å²) in [5.41, 5.74) is 22.1. The van der Waals surface area contributed by atoms with Gasteiger partial charge < -0.3 is 18.6 Å². The van der Waals surface area contributed by atoms with Gasteiger partial charge in [-0.1, -0.05) is 213 Å². The third-order valence-corrected chi connectivity index (χ3v) is 17.6. The maximum absolute atomic E-state index is 7.35. The smallest absolute Gasteiger partial charge is 0.159 e. The van der Waals surface area contributed by atoms with Gasteiger partial charge in [0.25, 0.3) is 0 Å². The van der Waals surface area contributed by atoms with Crippen LogP contribution >= 0.6 is 0 Å². The van der Waals surface area contributed by atoms with Crippen LogP contribution in [-0.4, -0.2) is 0 Å². The zero-order valence-corrected chi connectivity index (χ0v) is 48.7. The summed E-state index contributed by atoms with van der Waals surface area (Å²) in [5.74, 6) is 1.07. The van der Waals surface area contributed by atoms with Crippen LogP contribution in [0.5, 0.6) is 0 Å². The quantitative estimate of drug-likeness (QED) is 0.114. The first-order valence-electron chi connectivity index (χ1n) is 29.4. The van der Waals surface area contributed by atoms with Crippen LogP contribution in [0.3, 0.4) is 0 Å². The number of anilines is 6. The van der Waals surface area contributed by atoms with Crippen molar-refractivity contribution in [2.24, 2.45) is 0 Å². The molecule has 4 nitrogen and oxygen atoms in total. The zero-order valence-electron chi connectivity index (χ0n) is 48.7. The van der Waals surface area contributed by atoms with Crippen molar-refractivity contribution in [2.45, 2.75) is 92.9 Å². The molecule has 14 aromatic rings. The average Bonchev–Trinajstić information content (AvgIpc) is 1.56. The van der Waals surface area contributed by atoms with E-state index in [1.54, 1.807) is 0 Å². The molecule has 0 saturated heterocycles. The highest BCUT2D eigenvalue weighted by Gasteiger charge is 2.30. The van der Waals surface area contributed by atoms with Crippen molar-refractivity contribution in [2.75, 3.05) is 9.80 Å². The number of fused-ring (bicyclic) bond motifs is 6. The van der Waals surface area contributed by atoms with Crippen LogP contribution in [0.25, 0.3) is 98.4 Å². The van der Waals surface area contributed by atoms with Crippen LogP contribution in [0.1, 0.15) is 112 Å². The van der Waals surface area contributed by atoms with Crippen molar-refractivity contribution < 1.29 is 8.83 Å². The minimum Gasteiger partial charge on any atom is -0.453 e. The van der Waals surface area contributed by atoms with Crippen LogP contribution in [0.4, 0.5) is 34.1 Å². The molecule has 2 heterocycles. The van der Waals surface area contributed by atoms with Crippen LogP contribution < -0.4 is 9.80 Å². The molecular formula is C78H68N2O2. The Bertz CT molecular complexity index is 4510. The van der Waals surface area contributed by atoms with E-state index in [2.05, 4.69) is 285 Å². The van der Waals surface area contributed by atoms with Crippen molar-refractivity contribution in [3.8, 4) is 22.3 Å². The number of hydrogen-bond acceptors (Lipinski definition) is 4. The summed E-state index contributed by atoms with van der Waals surface area (Å²) in [5, 5.41) is 11.8. The Kier molecular flexibility index (Phi) is 12.4. The van der Waals surface area contributed by atoms with E-state index in [-0.39, 0.29) is 11.8 Å². The number of rotatable bonds is 12. The number of hydrogen-bond donors (Lipinski definition) is 0. The lowest BCUT2D eigenvalue weighted by molar-refractivity contribution is 0.670. The van der Waals surface area contributed by atoms with Gasteiger partial charge in [0.1, 0.15) is 11.2 Å². The van der Waals surface area contributed by atoms with E-state index >= 15 is 0 Å². The van der Waals surface area contributed by atoms with Crippen molar-refractivity contribution in [1.82, 2.24) is 0 Å². The summed E-state index contributed by atoms with van der Waals surface area (Å²) >= 11 is 0. The van der Waals surface area contributed by atoms with Gasteiger partial charge in [-0.2, -0.15) is 0 Å². The predicted molar refractivity (Wildman–Crippen MR) is 351 cm³/mol. The third-order valence-electron chi connectivity index (χ3n) is 17.6. The van der Waals surface area contributed by atoms with Gasteiger partial charge in [-0.25, -0.2) is 0 Å². The van der Waals surface area contributed by atoms with Gasteiger partial charge in [-0.05, 0) is 152 Å². The first-order valence-corrected chi connectivity index (χ1v) is 29.4. The lowest BCUT2D eigenvalue weighted by Crippen LogP contribution is -2.13. The molecule has 0 spiro atoms. The summed E-state index contributed by atoms with van der Waals surface area (Å²) in [6, 6.07) is 76.7. The Balaban J connectivity index is 1.08. The van der Waals surface area contributed by atoms with Gasteiger partial charge >= 0.3 is 0 Å². The highest BCUT2D eigenvalue weighted by Crippen LogP contribution is 2.54. The molecule has 0 fully saturated rings. The van der Waals surface area contributed by atoms with E-state index in [1.165, 1.54) is 76.8 Å². The average molecular weight is 1070 g/mol. The van der Waals surface area contributed by atoms with Gasteiger partial charge in [-0.15, -0.1) is 0 Å². The normalized spacial score (nSPS) is 12.2. The molecule has 402 valence electrons. The molecule has 0 unspecified atom stereocenters. The second kappa shape index (κ2) is 19.8. The topological polar surface area (TPSA) is 32.8 Å². The Labute approximate surface area is 481 Å². The molecule has 0 atom stereocenters. The monoisotopic (exact) mass is 1060 g/mol. The summed E-state index contributed by atoms with van der Waals surface area (Å²) in [7, 11) is 0. The standard InChI is InChI=1S/C78H68N2O2/c1-45(2)51-23-15-25-53(41-51)79(69-35-19-33-63-61-31-17-29-59(75(61)81-77(63)69)55-27-13-11-21-49(55)9)71-43-67(47(5)6)57-38-40-66-72(44-68(48(7)8)58-37-39-65(71)73(57)74(58)66)80(54-26-16-24-52(42-54)46(3)4)70-36-20-34-64-62-32-18-30-60(76(62)82-78(64)70)56-28-14-12-22-50(56)10/h11-48H,1-10H3. The molecule has 0 saturated carbocycles. The fraction of sp³-hybridized carbons (Fsp3) is 0.179. The van der Waals surface area contributed by atoms with Gasteiger partial charge in [0.15, 0.2) is 11.2 Å². The second-order valence-electron chi connectivity index (χ2n) is 24.0. The number of benzene rings is 12. The van der Waals surface area contributed by atoms with E-state index in [1.807, 2.05) is 0 Å². The molecule has 0 N–H and O–H groups in total. The molecule has 0 aliphatic heterocycles. The van der Waals surface area contributed by atoms with Crippen LogP contribution in [0.15, 0.2) is 215 Å². The molecule has 12 aromatic carbocycles. The number of para-hydroxylation sites is 4. The fourth-order valence-electron chi connectivity index (χ4n) is 13.3. The van der Waals surface area contributed by atoms with E-state index in [0.717, 1.165) is 89.1 Å². The van der Waals surface area contributed by atoms with Crippen molar-refractivity contribution in [3.05, 3.63) is 240 Å². The van der Waals surface area contributed by atoms with Crippen molar-refractivity contribution in [3.63, 3.8) is 0 Å². The highest BCUT2D eigenvalue weighted by atomic mass is 16.3. The molecule has 0 aliphatic rings. The summed E-state index contributed by atoms with van der Waals surface area (Å²) in [6.45, 7) is 22.9. The van der Waals surface area contributed by atoms with Crippen molar-refractivity contribution >= 4 is 110 Å². The maximum atomic E-state index is 7.35. The molecule has 14 rings (SSSR count). The Morgan fingerprint density at radius 2 is 0.634 bits per heavy atom. The molecule has 4 heteroatoms. The fourth-order valence-corrected chi connectivity index (χ4v) is 13.3. The SMILES string of the molecule is Cc1ccccc1-c1cccc2c1oc1c(N(c3cccc(C(C)C)c3)c3cc(C(C)C)c4ccc5c(N(c6cccc(C(C)C)c6)c6cccc7c6oc6c(-c8ccccc8C)cccc67)cc(C(C)C)c6ccc3c4c65)cccc12. The van der Waals surface area contributed by atoms with Gasteiger partial charge in [0.2, 0.25) is 0 Å². The van der Waals surface area contributed by atoms with Gasteiger partial charge in [0, 0.05) is 54.8 Å². The third kappa shape index (κ3) is 8.09. The summed E-state index contributed by atoms with van der Waals surface area (Å²) < 4.78 is 14.7. The summed E-state index contributed by atoms with van der Waals surface area (Å²) in [6.07, 6.45) is 0. The zero-order chi connectivity index (χ0) is 56.2. The largest absolute Gasteiger partial charge is 0.453 e. The van der Waals surface area contributed by atoms with Gasteiger partial charge in [0.05, 0.1) is 22.7 Å². The molecular weight excluding hydrogens is 997 g/mol. The molecule has 0 aliphatic carbocycles. The van der Waals surface area contributed by atoms with E-state index < -0.39 is 0 Å².